The van der Waals surface area contributed by atoms with E-state index in [-0.39, 0.29) is 17.2 Å². The third-order valence-electron chi connectivity index (χ3n) is 3.59. The molecule has 1 heterocycles. The number of ether oxygens (including phenoxy) is 3. The zero-order valence-electron chi connectivity index (χ0n) is 19.1. The average Bonchev–Trinajstić information content (AvgIpc) is 2.58. The molecule has 174 valence electrons. The van der Waals surface area contributed by atoms with E-state index in [1.54, 1.807) is 48.5 Å². The summed E-state index contributed by atoms with van der Waals surface area (Å²) in [7, 11) is 0. The molecule has 31 heavy (non-hydrogen) atoms. The van der Waals surface area contributed by atoms with Gasteiger partial charge in [-0.3, -0.25) is 4.79 Å². The van der Waals surface area contributed by atoms with Crippen LogP contribution >= 0.6 is 11.6 Å². The first-order valence-corrected chi connectivity index (χ1v) is 10.1. The molecule has 0 radical (unpaired) electrons. The number of nitrogens with zero attached hydrogens (tertiary/aromatic N) is 3. The van der Waals surface area contributed by atoms with Crippen molar-refractivity contribution in [2.24, 2.45) is 0 Å². The van der Waals surface area contributed by atoms with Gasteiger partial charge in [-0.15, -0.1) is 0 Å². The van der Waals surface area contributed by atoms with Gasteiger partial charge in [-0.05, 0) is 55.4 Å². The average molecular weight is 460 g/mol. The lowest BCUT2D eigenvalue weighted by Crippen LogP contribution is -2.44. The number of halogens is 1. The summed E-state index contributed by atoms with van der Waals surface area (Å²) in [4.78, 5) is 51.0. The van der Waals surface area contributed by atoms with Crippen molar-refractivity contribution in [3.63, 3.8) is 0 Å². The van der Waals surface area contributed by atoms with Gasteiger partial charge >= 0.3 is 18.2 Å². The molecule has 0 bridgehead atoms. The molecule has 0 N–H and O–H groups in total. The summed E-state index contributed by atoms with van der Waals surface area (Å²) in [5.74, 6) is -0.665. The summed E-state index contributed by atoms with van der Waals surface area (Å²) < 4.78 is 16.4. The minimum Gasteiger partial charge on any atom is -0.464 e. The van der Waals surface area contributed by atoms with Crippen LogP contribution in [0.5, 0.6) is 0 Å². The molecule has 11 heteroatoms. The molecule has 1 rings (SSSR count). The number of hydrogen-bond acceptors (Lipinski definition) is 8. The fourth-order valence-electron chi connectivity index (χ4n) is 2.26. The van der Waals surface area contributed by atoms with Crippen LogP contribution in [0, 0.1) is 0 Å². The van der Waals surface area contributed by atoms with Gasteiger partial charge in [-0.1, -0.05) is 11.6 Å². The van der Waals surface area contributed by atoms with Crippen LogP contribution < -0.4 is 5.56 Å². The van der Waals surface area contributed by atoms with E-state index >= 15 is 0 Å². The molecule has 0 fully saturated rings. The van der Waals surface area contributed by atoms with Gasteiger partial charge in [-0.2, -0.15) is 5.10 Å². The van der Waals surface area contributed by atoms with Gasteiger partial charge in [-0.25, -0.2) is 24.0 Å². The van der Waals surface area contributed by atoms with Crippen LogP contribution in [0.2, 0.25) is 5.02 Å². The summed E-state index contributed by atoms with van der Waals surface area (Å²) in [5.41, 5.74) is -2.70. The number of carbonyl (C=O) groups is 3. The van der Waals surface area contributed by atoms with Crippen molar-refractivity contribution in [3.05, 3.63) is 27.1 Å². The molecular weight excluding hydrogens is 430 g/mol. The third-order valence-corrected chi connectivity index (χ3v) is 3.91. The first-order valence-electron chi connectivity index (χ1n) is 9.73. The maximum Gasteiger partial charge on any atom is 0.420 e. The van der Waals surface area contributed by atoms with Gasteiger partial charge in [0.25, 0.3) is 5.56 Å². The Hall–Kier alpha value is -2.62. The summed E-state index contributed by atoms with van der Waals surface area (Å²) in [6, 6.07) is -1.04. The Kier molecular flexibility index (Phi) is 8.63. The Balaban J connectivity index is 3.40. The van der Waals surface area contributed by atoms with Crippen molar-refractivity contribution >= 4 is 29.8 Å². The van der Waals surface area contributed by atoms with Crippen molar-refractivity contribution in [1.29, 1.82) is 0 Å². The molecule has 1 atom stereocenters. The molecule has 2 amide bonds. The van der Waals surface area contributed by atoms with E-state index in [0.717, 1.165) is 10.9 Å². The van der Waals surface area contributed by atoms with Crippen LogP contribution in [0.1, 0.15) is 67.0 Å². The van der Waals surface area contributed by atoms with Crippen molar-refractivity contribution in [2.45, 2.75) is 79.2 Å². The topological polar surface area (TPSA) is 117 Å². The largest absolute Gasteiger partial charge is 0.464 e. The smallest absolute Gasteiger partial charge is 0.420 e. The molecule has 0 saturated heterocycles. The zero-order chi connectivity index (χ0) is 24.1. The van der Waals surface area contributed by atoms with Crippen molar-refractivity contribution < 1.29 is 28.6 Å². The second-order valence-corrected chi connectivity index (χ2v) is 9.10. The lowest BCUT2D eigenvalue weighted by atomic mass is 10.2. The Morgan fingerprint density at radius 2 is 1.58 bits per heavy atom. The van der Waals surface area contributed by atoms with Crippen LogP contribution in [0.15, 0.2) is 11.0 Å². The number of amides is 2. The molecule has 0 aliphatic carbocycles. The van der Waals surface area contributed by atoms with Gasteiger partial charge in [0.05, 0.1) is 29.9 Å². The molecular formula is C20H30ClN3O7. The Morgan fingerprint density at radius 3 is 2.00 bits per heavy atom. The maximum absolute atomic E-state index is 13.0. The second-order valence-electron chi connectivity index (χ2n) is 8.70. The van der Waals surface area contributed by atoms with Gasteiger partial charge in [0, 0.05) is 0 Å². The molecule has 0 saturated carbocycles. The van der Waals surface area contributed by atoms with Crippen LogP contribution in [0.3, 0.4) is 0 Å². The number of esters is 1. The van der Waals surface area contributed by atoms with E-state index in [2.05, 4.69) is 5.10 Å². The molecule has 10 nitrogen and oxygen atoms in total. The van der Waals surface area contributed by atoms with Crippen LogP contribution in [-0.4, -0.2) is 50.6 Å². The highest BCUT2D eigenvalue weighted by Crippen LogP contribution is 2.19. The predicted molar refractivity (Wildman–Crippen MR) is 113 cm³/mol. The highest BCUT2D eigenvalue weighted by atomic mass is 35.5. The first-order chi connectivity index (χ1) is 14.1. The van der Waals surface area contributed by atoms with E-state index < -0.39 is 47.5 Å². The SMILES string of the molecule is CCOC(=O)C(C)n1ncc(Cl)c(CN(C(=O)OC(C)(C)C)C(=O)OC(C)(C)C)c1=O. The molecule has 0 aromatic carbocycles. The maximum atomic E-state index is 13.0. The van der Waals surface area contributed by atoms with Crippen molar-refractivity contribution in [3.8, 4) is 0 Å². The van der Waals surface area contributed by atoms with E-state index in [1.165, 1.54) is 6.92 Å². The number of carbonyl (C=O) groups excluding carboxylic acids is 3. The van der Waals surface area contributed by atoms with Gasteiger partial charge < -0.3 is 14.2 Å². The third kappa shape index (κ3) is 7.86. The quantitative estimate of drug-likeness (QED) is 0.483. The number of hydrogen-bond donors (Lipinski definition) is 0. The number of aromatic nitrogens is 2. The Bertz CT molecular complexity index is 856. The van der Waals surface area contributed by atoms with E-state index in [0.29, 0.717) is 4.90 Å². The lowest BCUT2D eigenvalue weighted by molar-refractivity contribution is -0.147. The molecule has 1 unspecified atom stereocenters. The van der Waals surface area contributed by atoms with Crippen LogP contribution in [-0.2, 0) is 25.5 Å². The number of imide groups is 1. The van der Waals surface area contributed by atoms with Crippen molar-refractivity contribution in [1.82, 2.24) is 14.7 Å². The minimum absolute atomic E-state index is 0.0885. The van der Waals surface area contributed by atoms with Crippen molar-refractivity contribution in [2.75, 3.05) is 6.61 Å². The molecule has 0 aliphatic rings. The highest BCUT2D eigenvalue weighted by molar-refractivity contribution is 6.31. The Morgan fingerprint density at radius 1 is 1.10 bits per heavy atom. The van der Waals surface area contributed by atoms with Gasteiger partial charge in [0.2, 0.25) is 0 Å². The fraction of sp³-hybridized carbons (Fsp3) is 0.650. The zero-order valence-corrected chi connectivity index (χ0v) is 19.9. The standard InChI is InChI=1S/C20H30ClN3O7/c1-9-29-16(26)12(2)24-15(25)13(14(21)10-22-24)11-23(17(27)30-19(3,4)5)18(28)31-20(6,7)8/h10,12H,9,11H2,1-8H3. The molecule has 0 aliphatic heterocycles. The minimum atomic E-state index is -1.04. The molecule has 0 spiro atoms. The van der Waals surface area contributed by atoms with Gasteiger partial charge in [0.15, 0.2) is 6.04 Å². The summed E-state index contributed by atoms with van der Waals surface area (Å²) in [5, 5.41) is 3.79. The second kappa shape index (κ2) is 10.1. The van der Waals surface area contributed by atoms with E-state index in [4.69, 9.17) is 25.8 Å². The lowest BCUT2D eigenvalue weighted by Gasteiger charge is -2.28. The Labute approximate surface area is 186 Å². The summed E-state index contributed by atoms with van der Waals surface area (Å²) in [6.07, 6.45) is -0.880. The summed E-state index contributed by atoms with van der Waals surface area (Å²) in [6.45, 7) is 12.4. The first kappa shape index (κ1) is 26.4. The van der Waals surface area contributed by atoms with Crippen LogP contribution in [0.25, 0.3) is 0 Å². The van der Waals surface area contributed by atoms with E-state index in [1.807, 2.05) is 0 Å². The fourth-order valence-corrected chi connectivity index (χ4v) is 2.45. The number of rotatable bonds is 5. The molecule has 1 aromatic heterocycles. The van der Waals surface area contributed by atoms with Gasteiger partial charge in [0.1, 0.15) is 11.2 Å². The normalized spacial score (nSPS) is 12.7. The van der Waals surface area contributed by atoms with E-state index in [9.17, 15) is 19.2 Å². The highest BCUT2D eigenvalue weighted by Gasteiger charge is 2.33. The monoisotopic (exact) mass is 459 g/mol. The predicted octanol–water partition coefficient (Wildman–Crippen LogP) is 3.69. The molecule has 1 aromatic rings. The summed E-state index contributed by atoms with van der Waals surface area (Å²) >= 11 is 6.14. The van der Waals surface area contributed by atoms with Crippen LogP contribution in [0.4, 0.5) is 9.59 Å².